The van der Waals surface area contributed by atoms with Gasteiger partial charge in [-0.2, -0.15) is 0 Å². The van der Waals surface area contributed by atoms with Gasteiger partial charge in [-0.3, -0.25) is 9.59 Å². The summed E-state index contributed by atoms with van der Waals surface area (Å²) in [5.41, 5.74) is -0.0552. The summed E-state index contributed by atoms with van der Waals surface area (Å²) in [6, 6.07) is 6.93. The van der Waals surface area contributed by atoms with Crippen molar-refractivity contribution in [3.63, 3.8) is 0 Å². The summed E-state index contributed by atoms with van der Waals surface area (Å²) < 4.78 is 5.22. The van der Waals surface area contributed by atoms with Gasteiger partial charge in [0.2, 0.25) is 11.8 Å². The van der Waals surface area contributed by atoms with E-state index < -0.39 is 36.3 Å². The van der Waals surface area contributed by atoms with Crippen LogP contribution in [0.25, 0.3) is 0 Å². The van der Waals surface area contributed by atoms with Gasteiger partial charge in [0.05, 0.1) is 6.61 Å². The number of rotatable bonds is 10. The van der Waals surface area contributed by atoms with Crippen molar-refractivity contribution in [2.24, 2.45) is 0 Å². The van der Waals surface area contributed by atoms with Crippen molar-refractivity contribution in [2.75, 3.05) is 13.2 Å². The summed E-state index contributed by atoms with van der Waals surface area (Å²) in [5, 5.41) is 15.2. The summed E-state index contributed by atoms with van der Waals surface area (Å²) in [4.78, 5) is 40.3. The van der Waals surface area contributed by atoms with E-state index in [4.69, 9.17) is 4.74 Å². The normalized spacial score (nSPS) is 15.5. The van der Waals surface area contributed by atoms with Gasteiger partial charge >= 0.3 is 6.09 Å². The molecule has 2 rings (SSSR count). The zero-order chi connectivity index (χ0) is 23.0. The van der Waals surface area contributed by atoms with Crippen LogP contribution in [0.3, 0.4) is 0 Å². The number of benzene rings is 1. The Kier molecular flexibility index (Phi) is 8.86. The van der Waals surface area contributed by atoms with Crippen molar-refractivity contribution in [3.05, 3.63) is 35.9 Å². The van der Waals surface area contributed by atoms with Crippen LogP contribution in [0.2, 0.25) is 0 Å². The Morgan fingerprint density at radius 1 is 1.19 bits per heavy atom. The molecule has 172 valence electrons. The summed E-state index contributed by atoms with van der Waals surface area (Å²) >= 11 is 0. The molecule has 3 amide bonds. The Labute approximate surface area is 184 Å². The highest BCUT2D eigenvalue weighted by atomic mass is 16.6. The second-order valence-electron chi connectivity index (χ2n) is 8.82. The molecule has 0 aliphatic heterocycles. The number of carbonyl (C=O) groups is 3. The van der Waals surface area contributed by atoms with Crippen molar-refractivity contribution < 1.29 is 24.2 Å². The fourth-order valence-corrected chi connectivity index (χ4v) is 3.24. The Hall–Kier alpha value is -2.61. The van der Waals surface area contributed by atoms with E-state index in [0.717, 1.165) is 25.7 Å². The molecule has 0 saturated heterocycles. The number of hydrogen-bond donors (Lipinski definition) is 3. The zero-order valence-electron chi connectivity index (χ0n) is 18.9. The van der Waals surface area contributed by atoms with Gasteiger partial charge in [0.25, 0.3) is 0 Å². The third-order valence-corrected chi connectivity index (χ3v) is 4.84. The molecule has 0 heterocycles. The summed E-state index contributed by atoms with van der Waals surface area (Å²) in [5.74, 6) is -0.774. The van der Waals surface area contributed by atoms with Gasteiger partial charge in [-0.15, -0.1) is 0 Å². The van der Waals surface area contributed by atoms with Crippen molar-refractivity contribution >= 4 is 17.9 Å². The first-order chi connectivity index (χ1) is 14.7. The predicted molar refractivity (Wildman–Crippen MR) is 117 cm³/mol. The van der Waals surface area contributed by atoms with Crippen LogP contribution in [0.4, 0.5) is 4.79 Å². The van der Waals surface area contributed by atoms with Crippen LogP contribution >= 0.6 is 0 Å². The zero-order valence-corrected chi connectivity index (χ0v) is 18.9. The minimum absolute atomic E-state index is 0.121. The van der Waals surface area contributed by atoms with E-state index in [1.165, 1.54) is 4.90 Å². The minimum Gasteiger partial charge on any atom is -0.444 e. The van der Waals surface area contributed by atoms with Crippen LogP contribution in [-0.2, 0) is 14.3 Å². The SMILES string of the molecule is CCCCNC(=O)C(c1ccccc1)N(C(=O)C(CO)NC(=O)OC(C)(C)C)C1CC1. The van der Waals surface area contributed by atoms with E-state index in [9.17, 15) is 19.5 Å². The minimum atomic E-state index is -1.20. The lowest BCUT2D eigenvalue weighted by molar-refractivity contribution is -0.144. The van der Waals surface area contributed by atoms with Crippen LogP contribution < -0.4 is 10.6 Å². The average molecular weight is 434 g/mol. The number of hydrogen-bond acceptors (Lipinski definition) is 5. The van der Waals surface area contributed by atoms with Crippen LogP contribution in [-0.4, -0.2) is 58.8 Å². The van der Waals surface area contributed by atoms with Crippen LogP contribution in [0.15, 0.2) is 30.3 Å². The molecule has 0 radical (unpaired) electrons. The lowest BCUT2D eigenvalue weighted by Gasteiger charge is -2.34. The van der Waals surface area contributed by atoms with Crippen molar-refractivity contribution in [3.8, 4) is 0 Å². The lowest BCUT2D eigenvalue weighted by atomic mass is 10.0. The number of unbranched alkanes of at least 4 members (excludes halogenated alkanes) is 1. The first kappa shape index (κ1) is 24.7. The van der Waals surface area contributed by atoms with Gasteiger partial charge in [0, 0.05) is 12.6 Å². The van der Waals surface area contributed by atoms with Gasteiger partial charge in [0.15, 0.2) is 0 Å². The van der Waals surface area contributed by atoms with Gasteiger partial charge in [0.1, 0.15) is 17.7 Å². The molecule has 3 N–H and O–H groups in total. The maximum absolute atomic E-state index is 13.4. The molecule has 0 aromatic heterocycles. The van der Waals surface area contributed by atoms with Gasteiger partial charge in [-0.25, -0.2) is 4.79 Å². The third-order valence-electron chi connectivity index (χ3n) is 4.84. The summed E-state index contributed by atoms with van der Waals surface area (Å²) in [6.07, 6.45) is 2.52. The molecule has 1 saturated carbocycles. The fourth-order valence-electron chi connectivity index (χ4n) is 3.24. The fraction of sp³-hybridized carbons (Fsp3) is 0.609. The maximum atomic E-state index is 13.4. The van der Waals surface area contributed by atoms with E-state index in [-0.39, 0.29) is 11.9 Å². The van der Waals surface area contributed by atoms with Crippen molar-refractivity contribution in [1.82, 2.24) is 15.5 Å². The number of alkyl carbamates (subject to hydrolysis) is 1. The quantitative estimate of drug-likeness (QED) is 0.492. The standard InChI is InChI=1S/C23H35N3O5/c1-5-6-14-24-20(28)19(16-10-8-7-9-11-16)26(17-12-13-17)21(29)18(15-27)25-22(30)31-23(2,3)4/h7-11,17-19,27H,5-6,12-15H2,1-4H3,(H,24,28)(H,25,30). The number of nitrogens with zero attached hydrogens (tertiary/aromatic N) is 1. The van der Waals surface area contributed by atoms with Gasteiger partial charge in [-0.1, -0.05) is 43.7 Å². The molecule has 1 fully saturated rings. The first-order valence-electron chi connectivity index (χ1n) is 10.9. The smallest absolute Gasteiger partial charge is 0.408 e. The predicted octanol–water partition coefficient (Wildman–Crippen LogP) is 2.52. The van der Waals surface area contributed by atoms with Crippen LogP contribution in [0.1, 0.15) is 65.0 Å². The number of ether oxygens (including phenoxy) is 1. The van der Waals surface area contributed by atoms with Crippen molar-refractivity contribution in [1.29, 1.82) is 0 Å². The molecular weight excluding hydrogens is 398 g/mol. The molecule has 1 aromatic carbocycles. The monoisotopic (exact) mass is 433 g/mol. The molecule has 2 unspecified atom stereocenters. The first-order valence-corrected chi connectivity index (χ1v) is 10.9. The molecule has 8 heteroatoms. The maximum Gasteiger partial charge on any atom is 0.408 e. The molecule has 31 heavy (non-hydrogen) atoms. The second kappa shape index (κ2) is 11.1. The van der Waals surface area contributed by atoms with E-state index in [0.29, 0.717) is 12.1 Å². The van der Waals surface area contributed by atoms with E-state index in [2.05, 4.69) is 10.6 Å². The second-order valence-corrected chi connectivity index (χ2v) is 8.82. The molecule has 1 aliphatic carbocycles. The van der Waals surface area contributed by atoms with E-state index in [1.54, 1.807) is 20.8 Å². The molecule has 1 aromatic rings. The molecule has 0 spiro atoms. The number of aliphatic hydroxyl groups excluding tert-OH is 1. The Morgan fingerprint density at radius 3 is 2.35 bits per heavy atom. The third kappa shape index (κ3) is 7.54. The highest BCUT2D eigenvalue weighted by molar-refractivity contribution is 5.92. The Morgan fingerprint density at radius 2 is 1.84 bits per heavy atom. The van der Waals surface area contributed by atoms with E-state index in [1.807, 2.05) is 37.3 Å². The average Bonchev–Trinajstić information content (AvgIpc) is 3.54. The largest absolute Gasteiger partial charge is 0.444 e. The van der Waals surface area contributed by atoms with Crippen LogP contribution in [0, 0.1) is 0 Å². The number of carbonyl (C=O) groups excluding carboxylic acids is 3. The van der Waals surface area contributed by atoms with Gasteiger partial charge in [-0.05, 0) is 45.6 Å². The summed E-state index contributed by atoms with van der Waals surface area (Å²) in [7, 11) is 0. The lowest BCUT2D eigenvalue weighted by Crippen LogP contribution is -2.55. The highest BCUT2D eigenvalue weighted by Crippen LogP contribution is 2.35. The van der Waals surface area contributed by atoms with E-state index >= 15 is 0 Å². The molecule has 1 aliphatic rings. The molecule has 8 nitrogen and oxygen atoms in total. The Bertz CT molecular complexity index is 743. The van der Waals surface area contributed by atoms with Crippen molar-refractivity contribution in [2.45, 2.75) is 77.1 Å². The number of aliphatic hydroxyl groups is 1. The highest BCUT2D eigenvalue weighted by Gasteiger charge is 2.43. The number of nitrogens with one attached hydrogen (secondary N) is 2. The van der Waals surface area contributed by atoms with Crippen LogP contribution in [0.5, 0.6) is 0 Å². The Balaban J connectivity index is 2.28. The molecule has 2 atom stereocenters. The number of amides is 3. The summed E-state index contributed by atoms with van der Waals surface area (Å²) in [6.45, 7) is 7.10. The topological polar surface area (TPSA) is 108 Å². The molecule has 0 bridgehead atoms. The molecular formula is C23H35N3O5. The van der Waals surface area contributed by atoms with Gasteiger partial charge < -0.3 is 25.4 Å².